The highest BCUT2D eigenvalue weighted by molar-refractivity contribution is 7.86. The molecule has 3 aliphatic rings. The van der Waals surface area contributed by atoms with E-state index >= 15 is 0 Å². The number of aliphatic hydroxyl groups is 2. The van der Waals surface area contributed by atoms with Gasteiger partial charge in [-0.25, -0.2) is 0 Å². The lowest BCUT2D eigenvalue weighted by molar-refractivity contribution is -0.134. The van der Waals surface area contributed by atoms with Gasteiger partial charge in [0.05, 0.1) is 23.7 Å². The predicted molar refractivity (Wildman–Crippen MR) is 127 cm³/mol. The maximum absolute atomic E-state index is 13.2. The summed E-state index contributed by atoms with van der Waals surface area (Å²) in [5.74, 6) is 1.70. The van der Waals surface area contributed by atoms with Gasteiger partial charge >= 0.3 is 0 Å². The highest BCUT2D eigenvalue weighted by atomic mass is 32.1. The molecule has 2 heterocycles. The summed E-state index contributed by atoms with van der Waals surface area (Å²) in [6.45, 7) is 4.95. The lowest BCUT2D eigenvalue weighted by atomic mass is 9.62. The number of nitrogens with zero attached hydrogens (tertiary/aromatic N) is 1. The van der Waals surface area contributed by atoms with E-state index in [4.69, 9.17) is 34.7 Å². The standard InChI is InChI=1S/C23H37NO5S2/c1-14(2)9-15-13-24-17(6-8-26)16(5-7-25)22(30)11-19(28-3)20(29-4)12-23(22,31)21(24)10-18(15)27/h11-12,14-17,21,25-26,30-31H,5-10,13H2,1-4H3. The molecule has 2 aliphatic heterocycles. The topological polar surface area (TPSA) is 79.2 Å². The molecular formula is C23H37NO5S2. The number of methoxy groups -OCH3 is 2. The van der Waals surface area contributed by atoms with E-state index in [1.165, 1.54) is 0 Å². The summed E-state index contributed by atoms with van der Waals surface area (Å²) < 4.78 is 9.58. The van der Waals surface area contributed by atoms with Crippen molar-refractivity contribution < 1.29 is 24.5 Å². The first-order chi connectivity index (χ1) is 14.7. The van der Waals surface area contributed by atoms with Crippen LogP contribution in [-0.2, 0) is 14.3 Å². The number of thiol groups is 2. The summed E-state index contributed by atoms with van der Waals surface area (Å²) in [7, 11) is 3.18. The van der Waals surface area contributed by atoms with E-state index in [1.54, 1.807) is 14.2 Å². The molecule has 2 fully saturated rings. The van der Waals surface area contributed by atoms with Gasteiger partial charge in [0.25, 0.3) is 0 Å². The van der Waals surface area contributed by atoms with Gasteiger partial charge in [-0.3, -0.25) is 9.69 Å². The van der Waals surface area contributed by atoms with E-state index in [0.717, 1.165) is 6.42 Å². The first kappa shape index (κ1) is 25.0. The minimum Gasteiger partial charge on any atom is -0.493 e. The van der Waals surface area contributed by atoms with Crippen molar-refractivity contribution in [3.05, 3.63) is 23.7 Å². The van der Waals surface area contributed by atoms with E-state index in [1.807, 2.05) is 12.2 Å². The molecule has 6 unspecified atom stereocenters. The zero-order valence-corrected chi connectivity index (χ0v) is 20.7. The Labute approximate surface area is 196 Å². The van der Waals surface area contributed by atoms with Crippen molar-refractivity contribution in [2.45, 2.75) is 61.1 Å². The fourth-order valence-corrected chi connectivity index (χ4v) is 7.16. The number of ketones is 1. The number of rotatable bonds is 8. The molecule has 2 saturated heterocycles. The molecule has 0 spiro atoms. The fourth-order valence-electron chi connectivity index (χ4n) is 5.94. The van der Waals surface area contributed by atoms with Crippen LogP contribution in [0.15, 0.2) is 23.7 Å². The summed E-state index contributed by atoms with van der Waals surface area (Å²) in [5, 5.41) is 19.8. The minimum atomic E-state index is -0.812. The maximum Gasteiger partial charge on any atom is 0.157 e. The van der Waals surface area contributed by atoms with Crippen molar-refractivity contribution in [1.82, 2.24) is 4.90 Å². The third-order valence-electron chi connectivity index (χ3n) is 7.29. The van der Waals surface area contributed by atoms with Gasteiger partial charge in [0.15, 0.2) is 11.5 Å². The van der Waals surface area contributed by atoms with Gasteiger partial charge in [-0.2, -0.15) is 25.3 Å². The molecule has 176 valence electrons. The molecule has 6 atom stereocenters. The molecule has 0 radical (unpaired) electrons. The predicted octanol–water partition coefficient (Wildman–Crippen LogP) is 2.47. The molecule has 1 aliphatic carbocycles. The van der Waals surface area contributed by atoms with Gasteiger partial charge in [-0.05, 0) is 43.3 Å². The summed E-state index contributed by atoms with van der Waals surface area (Å²) in [6.07, 6.45) is 6.15. The van der Waals surface area contributed by atoms with Crippen LogP contribution in [0.25, 0.3) is 0 Å². The van der Waals surface area contributed by atoms with E-state index in [2.05, 4.69) is 18.7 Å². The molecule has 3 rings (SSSR count). The molecule has 2 N–H and O–H groups in total. The summed E-state index contributed by atoms with van der Waals surface area (Å²) >= 11 is 10.4. The second-order valence-electron chi connectivity index (χ2n) is 9.48. The lowest BCUT2D eigenvalue weighted by Crippen LogP contribution is -2.74. The zero-order chi connectivity index (χ0) is 23.0. The Morgan fingerprint density at radius 3 is 2.19 bits per heavy atom. The summed E-state index contributed by atoms with van der Waals surface area (Å²) in [5.41, 5.74) is 0. The first-order valence-electron chi connectivity index (χ1n) is 11.2. The third-order valence-corrected chi connectivity index (χ3v) is 9.10. The smallest absolute Gasteiger partial charge is 0.157 e. The summed E-state index contributed by atoms with van der Waals surface area (Å²) in [6, 6.07) is -0.231. The number of hydrogen-bond acceptors (Lipinski definition) is 8. The van der Waals surface area contributed by atoms with Crippen molar-refractivity contribution in [2.75, 3.05) is 34.0 Å². The van der Waals surface area contributed by atoms with Gasteiger partial charge in [0.1, 0.15) is 5.78 Å². The Bertz CT molecular complexity index is 741. The second kappa shape index (κ2) is 9.67. The number of fused-ring (bicyclic) bond motifs is 3. The average Bonchev–Trinajstić information content (AvgIpc) is 2.72. The molecule has 0 bridgehead atoms. The van der Waals surface area contributed by atoms with Crippen molar-refractivity contribution >= 4 is 31.0 Å². The normalized spacial score (nSPS) is 38.3. The number of Topliss-reactive ketones (excluding diaryl/α,β-unsaturated/α-hetero) is 1. The monoisotopic (exact) mass is 471 g/mol. The number of piperidine rings is 2. The molecular weight excluding hydrogens is 434 g/mol. The molecule has 0 saturated carbocycles. The van der Waals surface area contributed by atoms with Crippen LogP contribution in [0.4, 0.5) is 0 Å². The highest BCUT2D eigenvalue weighted by Gasteiger charge is 2.65. The van der Waals surface area contributed by atoms with Crippen molar-refractivity contribution in [3.63, 3.8) is 0 Å². The number of carbonyl (C=O) groups is 1. The van der Waals surface area contributed by atoms with Gasteiger partial charge in [0.2, 0.25) is 0 Å². The van der Waals surface area contributed by atoms with Crippen LogP contribution < -0.4 is 0 Å². The van der Waals surface area contributed by atoms with E-state index in [-0.39, 0.29) is 42.9 Å². The third kappa shape index (κ3) is 4.19. The molecule has 0 amide bonds. The van der Waals surface area contributed by atoms with Gasteiger partial charge in [-0.15, -0.1) is 0 Å². The van der Waals surface area contributed by atoms with Crippen molar-refractivity contribution in [3.8, 4) is 0 Å². The van der Waals surface area contributed by atoms with Crippen LogP contribution in [0, 0.1) is 17.8 Å². The fraction of sp³-hybridized carbons (Fsp3) is 0.783. The Kier molecular flexibility index (Phi) is 7.79. The molecule has 31 heavy (non-hydrogen) atoms. The maximum atomic E-state index is 13.2. The SMILES string of the molecule is COC1=CC2(S)C(CCO)C(CCO)N3CC(CC(C)C)C(=O)CC3C2(S)C=C1OC. The molecule has 0 aromatic heterocycles. The molecule has 0 aromatic rings. The van der Waals surface area contributed by atoms with Gasteiger partial charge in [0, 0.05) is 44.2 Å². The van der Waals surface area contributed by atoms with Crippen LogP contribution in [0.2, 0.25) is 0 Å². The van der Waals surface area contributed by atoms with Gasteiger partial charge < -0.3 is 19.7 Å². The Balaban J connectivity index is 2.14. The Morgan fingerprint density at radius 1 is 1.10 bits per heavy atom. The number of ether oxygens (including phenoxy) is 2. The highest BCUT2D eigenvalue weighted by Crippen LogP contribution is 2.58. The number of aliphatic hydroxyl groups excluding tert-OH is 2. The molecule has 8 heteroatoms. The largest absolute Gasteiger partial charge is 0.493 e. The van der Waals surface area contributed by atoms with Crippen LogP contribution >= 0.6 is 25.3 Å². The van der Waals surface area contributed by atoms with Crippen LogP contribution in [0.5, 0.6) is 0 Å². The second-order valence-corrected chi connectivity index (χ2v) is 11.0. The van der Waals surface area contributed by atoms with Crippen LogP contribution in [-0.4, -0.2) is 76.5 Å². The average molecular weight is 472 g/mol. The van der Waals surface area contributed by atoms with Gasteiger partial charge in [-0.1, -0.05) is 13.8 Å². The van der Waals surface area contributed by atoms with E-state index in [9.17, 15) is 15.0 Å². The lowest BCUT2D eigenvalue weighted by Gasteiger charge is -2.64. The van der Waals surface area contributed by atoms with Crippen molar-refractivity contribution in [1.29, 1.82) is 0 Å². The Morgan fingerprint density at radius 2 is 1.68 bits per heavy atom. The zero-order valence-electron chi connectivity index (χ0n) is 19.0. The quantitative estimate of drug-likeness (QED) is 0.408. The number of carbonyl (C=O) groups excluding carboxylic acids is 1. The molecule has 0 aromatic carbocycles. The molecule has 6 nitrogen and oxygen atoms in total. The van der Waals surface area contributed by atoms with Crippen LogP contribution in [0.1, 0.15) is 39.5 Å². The minimum absolute atomic E-state index is 0.00261. The first-order valence-corrected chi connectivity index (χ1v) is 12.0. The van der Waals surface area contributed by atoms with Crippen molar-refractivity contribution in [2.24, 2.45) is 17.8 Å². The Hall–Kier alpha value is -0.670. The van der Waals surface area contributed by atoms with Crippen LogP contribution in [0.3, 0.4) is 0 Å². The number of hydrogen-bond donors (Lipinski definition) is 4. The van der Waals surface area contributed by atoms with E-state index in [0.29, 0.717) is 43.2 Å². The summed E-state index contributed by atoms with van der Waals surface area (Å²) in [4.78, 5) is 15.5. The van der Waals surface area contributed by atoms with E-state index < -0.39 is 9.49 Å².